The highest BCUT2D eigenvalue weighted by molar-refractivity contribution is 6.38. The molecule has 236 valence electrons. The molecule has 0 atom stereocenters. The van der Waals surface area contributed by atoms with Gasteiger partial charge in [0.2, 0.25) is 11.6 Å². The van der Waals surface area contributed by atoms with Crippen LogP contribution in [0.25, 0.3) is 32.3 Å². The Balaban J connectivity index is 1.97. The molecular formula is C36H32O10. The minimum Gasteiger partial charge on any atom is -0.496 e. The lowest BCUT2D eigenvalue weighted by Gasteiger charge is -2.35. The summed E-state index contributed by atoms with van der Waals surface area (Å²) in [4.78, 5) is 54.5. The van der Waals surface area contributed by atoms with Gasteiger partial charge >= 0.3 is 0 Å². The number of benzene rings is 4. The molecule has 2 aliphatic carbocycles. The lowest BCUT2D eigenvalue weighted by Crippen LogP contribution is -2.37. The highest BCUT2D eigenvalue weighted by atomic mass is 16.7. The number of hydrogen-bond acceptors (Lipinski definition) is 10. The summed E-state index contributed by atoms with van der Waals surface area (Å²) in [5.74, 6) is -4.46. The molecule has 6 rings (SSSR count). The van der Waals surface area contributed by atoms with Crippen LogP contribution in [-0.4, -0.2) is 65.8 Å². The van der Waals surface area contributed by atoms with Gasteiger partial charge in [0, 0.05) is 72.2 Å². The van der Waals surface area contributed by atoms with Gasteiger partial charge in [-0.15, -0.1) is 0 Å². The topological polar surface area (TPSA) is 124 Å². The number of ether oxygens (including phenoxy) is 6. The first kappa shape index (κ1) is 31.3. The van der Waals surface area contributed by atoms with E-state index < -0.39 is 34.7 Å². The second-order valence-electron chi connectivity index (χ2n) is 11.1. The lowest BCUT2D eigenvalue weighted by atomic mass is 9.77. The minimum atomic E-state index is -1.61. The van der Waals surface area contributed by atoms with E-state index >= 15 is 0 Å². The van der Waals surface area contributed by atoms with E-state index in [2.05, 4.69) is 0 Å². The van der Waals surface area contributed by atoms with Crippen molar-refractivity contribution in [2.24, 2.45) is 0 Å². The molecule has 10 heteroatoms. The predicted octanol–water partition coefficient (Wildman–Crippen LogP) is 5.48. The zero-order valence-corrected chi connectivity index (χ0v) is 26.7. The number of rotatable bonds is 8. The average Bonchev–Trinajstić information content (AvgIpc) is 3.07. The first-order chi connectivity index (χ1) is 22.0. The van der Waals surface area contributed by atoms with E-state index in [1.54, 1.807) is 12.1 Å². The summed E-state index contributed by atoms with van der Waals surface area (Å²) in [6, 6.07) is 10.6. The van der Waals surface area contributed by atoms with Gasteiger partial charge in [0.25, 0.3) is 0 Å². The molecule has 4 aromatic carbocycles. The standard InChI is InChI=1S/C36H32O10/c1-17(37)22-15-35(43-5,44-6)24-13-26(41-3)20-11-9-19-10-12-21-27(42-4)14-25-32(30(21)28(19)29(20)31(24)33(22)39)34(40)23(18(2)38)16-36(25,45-7)46-8/h9-16H,1-8H3. The largest absolute Gasteiger partial charge is 0.496 e. The highest BCUT2D eigenvalue weighted by Crippen LogP contribution is 2.50. The van der Waals surface area contributed by atoms with Crippen molar-refractivity contribution in [3.05, 3.63) is 82.0 Å². The number of allylic oxidation sites excluding steroid dienone is 2. The van der Waals surface area contributed by atoms with Crippen molar-refractivity contribution in [3.8, 4) is 11.5 Å². The molecule has 46 heavy (non-hydrogen) atoms. The fourth-order valence-corrected chi connectivity index (χ4v) is 6.84. The van der Waals surface area contributed by atoms with Crippen molar-refractivity contribution < 1.29 is 47.6 Å². The van der Waals surface area contributed by atoms with Crippen molar-refractivity contribution in [2.75, 3.05) is 42.7 Å². The highest BCUT2D eigenvalue weighted by Gasteiger charge is 2.45. The molecule has 0 heterocycles. The van der Waals surface area contributed by atoms with Crippen molar-refractivity contribution in [2.45, 2.75) is 25.4 Å². The van der Waals surface area contributed by atoms with Crippen LogP contribution in [0.5, 0.6) is 11.5 Å². The molecule has 0 spiro atoms. The van der Waals surface area contributed by atoms with Crippen molar-refractivity contribution >= 4 is 55.5 Å². The van der Waals surface area contributed by atoms with Gasteiger partial charge in [0.15, 0.2) is 23.1 Å². The van der Waals surface area contributed by atoms with Gasteiger partial charge < -0.3 is 28.4 Å². The van der Waals surface area contributed by atoms with E-state index in [1.807, 2.05) is 24.3 Å². The Labute approximate surface area is 264 Å². The van der Waals surface area contributed by atoms with Crippen LogP contribution in [0.4, 0.5) is 0 Å². The third kappa shape index (κ3) is 4.04. The number of ketones is 4. The monoisotopic (exact) mass is 624 g/mol. The molecule has 0 N–H and O–H groups in total. The van der Waals surface area contributed by atoms with Crippen LogP contribution in [0, 0.1) is 0 Å². The molecule has 0 fully saturated rings. The Hall–Kier alpha value is -4.74. The van der Waals surface area contributed by atoms with Crippen LogP contribution in [0.2, 0.25) is 0 Å². The number of carbonyl (C=O) groups excluding carboxylic acids is 4. The molecule has 0 bridgehead atoms. The summed E-state index contributed by atoms with van der Waals surface area (Å²) in [6.07, 6.45) is 2.75. The summed E-state index contributed by atoms with van der Waals surface area (Å²) < 4.78 is 35.1. The van der Waals surface area contributed by atoms with Crippen LogP contribution in [0.1, 0.15) is 45.7 Å². The van der Waals surface area contributed by atoms with Crippen LogP contribution >= 0.6 is 0 Å². The third-order valence-electron chi connectivity index (χ3n) is 9.08. The Morgan fingerprint density at radius 2 is 0.935 bits per heavy atom. The Morgan fingerprint density at radius 3 is 1.24 bits per heavy atom. The van der Waals surface area contributed by atoms with Gasteiger partial charge in [-0.25, -0.2) is 0 Å². The van der Waals surface area contributed by atoms with E-state index in [1.165, 1.54) is 68.7 Å². The van der Waals surface area contributed by atoms with Crippen molar-refractivity contribution in [3.63, 3.8) is 0 Å². The summed E-state index contributed by atoms with van der Waals surface area (Å²) in [7, 11) is 8.66. The SMILES string of the molecule is COc1cc2c(c3c1ccc1ccc4c(OC)cc5c(c4c13)C(=O)C(C(C)=O)=CC5(OC)OC)C(=O)C(C(C)=O)=CC2(OC)OC. The number of carbonyl (C=O) groups is 4. The Kier molecular flexibility index (Phi) is 7.44. The van der Waals surface area contributed by atoms with E-state index in [-0.39, 0.29) is 22.3 Å². The fraction of sp³-hybridized carbons (Fsp3) is 0.278. The quantitative estimate of drug-likeness (QED) is 0.141. The molecule has 0 aromatic heterocycles. The van der Waals surface area contributed by atoms with Gasteiger partial charge in [-0.1, -0.05) is 12.1 Å². The number of Topliss-reactive ketones (excluding diaryl/α,β-unsaturated/α-hetero) is 4. The predicted molar refractivity (Wildman–Crippen MR) is 170 cm³/mol. The first-order valence-electron chi connectivity index (χ1n) is 14.4. The summed E-state index contributed by atoms with van der Waals surface area (Å²) in [6.45, 7) is 2.60. The third-order valence-corrected chi connectivity index (χ3v) is 9.08. The Bertz CT molecular complexity index is 1960. The zero-order chi connectivity index (χ0) is 33.3. The smallest absolute Gasteiger partial charge is 0.216 e. The molecule has 4 aromatic rings. The van der Waals surface area contributed by atoms with Crippen LogP contribution in [0.3, 0.4) is 0 Å². The summed E-state index contributed by atoms with van der Waals surface area (Å²) >= 11 is 0. The second kappa shape index (κ2) is 11.0. The molecule has 0 amide bonds. The molecular weight excluding hydrogens is 592 g/mol. The van der Waals surface area contributed by atoms with Gasteiger partial charge in [-0.2, -0.15) is 0 Å². The maximum absolute atomic E-state index is 14.4. The molecule has 0 radical (unpaired) electrons. The van der Waals surface area contributed by atoms with Crippen LogP contribution in [-0.2, 0) is 40.1 Å². The molecule has 0 saturated heterocycles. The normalized spacial score (nSPS) is 16.6. The van der Waals surface area contributed by atoms with Crippen molar-refractivity contribution in [1.29, 1.82) is 0 Å². The second-order valence-corrected chi connectivity index (χ2v) is 11.1. The van der Waals surface area contributed by atoms with Gasteiger partial charge in [0.05, 0.1) is 25.4 Å². The number of methoxy groups -OCH3 is 6. The van der Waals surface area contributed by atoms with Crippen LogP contribution in [0.15, 0.2) is 59.7 Å². The Morgan fingerprint density at radius 1 is 0.565 bits per heavy atom. The molecule has 0 saturated carbocycles. The van der Waals surface area contributed by atoms with Crippen molar-refractivity contribution in [1.82, 2.24) is 0 Å². The maximum Gasteiger partial charge on any atom is 0.216 e. The molecule has 0 unspecified atom stereocenters. The van der Waals surface area contributed by atoms with Gasteiger partial charge in [-0.3, -0.25) is 19.2 Å². The van der Waals surface area contributed by atoms with E-state index in [9.17, 15) is 19.2 Å². The summed E-state index contributed by atoms with van der Waals surface area (Å²) in [5, 5.41) is 3.01. The van der Waals surface area contributed by atoms with E-state index in [0.29, 0.717) is 54.9 Å². The lowest BCUT2D eigenvalue weighted by molar-refractivity contribution is -0.179. The average molecular weight is 625 g/mol. The minimum absolute atomic E-state index is 0.116. The zero-order valence-electron chi connectivity index (χ0n) is 26.7. The number of hydrogen-bond donors (Lipinski definition) is 0. The van der Waals surface area contributed by atoms with E-state index in [0.717, 1.165) is 0 Å². The number of fused-ring (bicyclic) bond motifs is 9. The van der Waals surface area contributed by atoms with E-state index in [4.69, 9.17) is 28.4 Å². The van der Waals surface area contributed by atoms with Gasteiger partial charge in [-0.05, 0) is 61.0 Å². The molecule has 2 aliphatic rings. The first-order valence-corrected chi connectivity index (χ1v) is 14.4. The van der Waals surface area contributed by atoms with Gasteiger partial charge in [0.1, 0.15) is 11.5 Å². The van der Waals surface area contributed by atoms with Crippen LogP contribution < -0.4 is 9.47 Å². The molecule has 0 aliphatic heterocycles. The fourth-order valence-electron chi connectivity index (χ4n) is 6.84. The maximum atomic E-state index is 14.4. The molecule has 10 nitrogen and oxygen atoms in total. The summed E-state index contributed by atoms with van der Waals surface area (Å²) in [5.41, 5.74) is 0.702.